The normalized spacial score (nSPS) is 11.4. The SMILES string of the molecule is O=[N+]([O-])c1cc(S(=O)(=O)Nc2cccc(S(=O)(=O)[O-])c2)ccc1Cl.[Na+]. The molecule has 0 spiro atoms. The van der Waals surface area contributed by atoms with Gasteiger partial charge in [0.05, 0.1) is 20.4 Å². The van der Waals surface area contributed by atoms with Gasteiger partial charge in [-0.2, -0.15) is 0 Å². The van der Waals surface area contributed by atoms with Crippen molar-refractivity contribution in [3.8, 4) is 0 Å². The molecular weight excluding hydrogens is 407 g/mol. The number of benzene rings is 2. The zero-order chi connectivity index (χ0) is 18.1. The van der Waals surface area contributed by atoms with E-state index in [4.69, 9.17) is 11.6 Å². The summed E-state index contributed by atoms with van der Waals surface area (Å²) in [6.07, 6.45) is 0. The van der Waals surface area contributed by atoms with Crippen molar-refractivity contribution in [2.24, 2.45) is 0 Å². The summed E-state index contributed by atoms with van der Waals surface area (Å²) in [5.41, 5.74) is -0.792. The first-order chi connectivity index (χ1) is 11.0. The van der Waals surface area contributed by atoms with Gasteiger partial charge in [0.2, 0.25) is 0 Å². The summed E-state index contributed by atoms with van der Waals surface area (Å²) in [5.74, 6) is 0. The van der Waals surface area contributed by atoms with Crippen LogP contribution in [0.1, 0.15) is 0 Å². The van der Waals surface area contributed by atoms with Gasteiger partial charge in [0.15, 0.2) is 0 Å². The fraction of sp³-hybridized carbons (Fsp3) is 0. The Morgan fingerprint density at radius 3 is 2.20 bits per heavy atom. The first-order valence-corrected chi connectivity index (χ1v) is 9.30. The Morgan fingerprint density at radius 2 is 1.64 bits per heavy atom. The number of sulfonamides is 1. The Bertz CT molecular complexity index is 1030. The minimum Gasteiger partial charge on any atom is -0.744 e. The van der Waals surface area contributed by atoms with Crippen LogP contribution in [0.3, 0.4) is 0 Å². The number of nitro benzene ring substituents is 1. The van der Waals surface area contributed by atoms with Crippen molar-refractivity contribution >= 4 is 43.1 Å². The van der Waals surface area contributed by atoms with E-state index in [-0.39, 0.29) is 40.3 Å². The van der Waals surface area contributed by atoms with Gasteiger partial charge >= 0.3 is 29.6 Å². The summed E-state index contributed by atoms with van der Waals surface area (Å²) >= 11 is 5.61. The molecule has 0 fully saturated rings. The van der Waals surface area contributed by atoms with E-state index in [1.807, 2.05) is 4.72 Å². The molecule has 0 aliphatic heterocycles. The van der Waals surface area contributed by atoms with E-state index in [9.17, 15) is 31.5 Å². The number of nitro groups is 1. The Hall–Kier alpha value is -1.21. The number of anilines is 1. The maximum Gasteiger partial charge on any atom is 1.00 e. The van der Waals surface area contributed by atoms with E-state index in [2.05, 4.69) is 0 Å². The van der Waals surface area contributed by atoms with Gasteiger partial charge in [-0.05, 0) is 30.3 Å². The third kappa shape index (κ3) is 5.38. The Kier molecular flexibility index (Phi) is 6.98. The fourth-order valence-corrected chi connectivity index (χ4v) is 3.50. The summed E-state index contributed by atoms with van der Waals surface area (Å²) in [6, 6.07) is 7.10. The minimum absolute atomic E-state index is 0. The molecule has 0 aliphatic carbocycles. The molecule has 25 heavy (non-hydrogen) atoms. The van der Waals surface area contributed by atoms with E-state index in [0.29, 0.717) is 0 Å². The molecule has 128 valence electrons. The second-order valence-corrected chi connectivity index (χ2v) is 7.93. The number of hydrogen-bond donors (Lipinski definition) is 1. The number of nitrogens with zero attached hydrogens (tertiary/aromatic N) is 1. The van der Waals surface area contributed by atoms with Gasteiger partial charge in [0.1, 0.15) is 15.1 Å². The van der Waals surface area contributed by atoms with Gasteiger partial charge in [-0.25, -0.2) is 16.8 Å². The van der Waals surface area contributed by atoms with Gasteiger partial charge in [-0.1, -0.05) is 17.7 Å². The number of nitrogens with one attached hydrogen (secondary N) is 1. The topological polar surface area (TPSA) is 147 Å². The van der Waals surface area contributed by atoms with E-state index >= 15 is 0 Å². The summed E-state index contributed by atoms with van der Waals surface area (Å²) in [7, 11) is -9.02. The molecule has 1 N–H and O–H groups in total. The molecule has 2 rings (SSSR count). The van der Waals surface area contributed by atoms with Gasteiger partial charge < -0.3 is 4.55 Å². The van der Waals surface area contributed by atoms with Crippen LogP contribution in [0.2, 0.25) is 5.02 Å². The predicted octanol–water partition coefficient (Wildman–Crippen LogP) is -1.04. The fourth-order valence-electron chi connectivity index (χ4n) is 1.73. The molecule has 0 saturated carbocycles. The molecule has 2 aromatic carbocycles. The quantitative estimate of drug-likeness (QED) is 0.284. The van der Waals surface area contributed by atoms with Crippen LogP contribution < -0.4 is 34.3 Å². The van der Waals surface area contributed by atoms with Crippen molar-refractivity contribution in [1.29, 1.82) is 0 Å². The first-order valence-electron chi connectivity index (χ1n) is 6.03. The Morgan fingerprint density at radius 1 is 1.00 bits per heavy atom. The minimum atomic E-state index is -4.76. The monoisotopic (exact) mass is 414 g/mol. The smallest absolute Gasteiger partial charge is 0.744 e. The molecule has 0 radical (unpaired) electrons. The van der Waals surface area contributed by atoms with E-state index in [1.165, 1.54) is 12.1 Å². The third-order valence-electron chi connectivity index (χ3n) is 2.80. The van der Waals surface area contributed by atoms with Gasteiger partial charge in [-0.3, -0.25) is 14.8 Å². The number of halogens is 1. The van der Waals surface area contributed by atoms with Gasteiger partial charge in [0, 0.05) is 6.07 Å². The number of rotatable bonds is 5. The first kappa shape index (κ1) is 21.8. The molecule has 0 bridgehead atoms. The Balaban J connectivity index is 0.00000312. The Labute approximate surface area is 170 Å². The second-order valence-electron chi connectivity index (χ2n) is 4.46. The molecule has 0 unspecified atom stereocenters. The van der Waals surface area contributed by atoms with Crippen LogP contribution in [0.25, 0.3) is 0 Å². The molecule has 0 amide bonds. The zero-order valence-corrected chi connectivity index (χ0v) is 16.9. The van der Waals surface area contributed by atoms with Crippen LogP contribution in [-0.2, 0) is 20.1 Å². The molecular formula is C12H8ClN2NaO7S2. The van der Waals surface area contributed by atoms with Crippen LogP contribution in [0.4, 0.5) is 11.4 Å². The average molecular weight is 415 g/mol. The van der Waals surface area contributed by atoms with Crippen LogP contribution in [0.5, 0.6) is 0 Å². The van der Waals surface area contributed by atoms with E-state index in [0.717, 1.165) is 30.3 Å². The second kappa shape index (κ2) is 7.99. The largest absolute Gasteiger partial charge is 1.00 e. The average Bonchev–Trinajstić information content (AvgIpc) is 2.46. The van der Waals surface area contributed by atoms with Crippen LogP contribution >= 0.6 is 11.6 Å². The summed E-state index contributed by atoms with van der Waals surface area (Å²) in [6.45, 7) is 0. The maximum atomic E-state index is 12.2. The summed E-state index contributed by atoms with van der Waals surface area (Å²) in [5, 5.41) is 10.6. The van der Waals surface area contributed by atoms with Crippen molar-refractivity contribution in [2.75, 3.05) is 4.72 Å². The zero-order valence-electron chi connectivity index (χ0n) is 12.5. The molecule has 9 nitrogen and oxygen atoms in total. The van der Waals surface area contributed by atoms with Gasteiger partial charge in [0.25, 0.3) is 15.7 Å². The third-order valence-corrected chi connectivity index (χ3v) is 5.33. The van der Waals surface area contributed by atoms with Crippen molar-refractivity contribution in [3.63, 3.8) is 0 Å². The number of hydrogen-bond acceptors (Lipinski definition) is 7. The van der Waals surface area contributed by atoms with Crippen molar-refractivity contribution in [1.82, 2.24) is 0 Å². The summed E-state index contributed by atoms with van der Waals surface area (Å²) < 4.78 is 59.4. The van der Waals surface area contributed by atoms with E-state index in [1.54, 1.807) is 0 Å². The van der Waals surface area contributed by atoms with Crippen LogP contribution in [-0.4, -0.2) is 26.3 Å². The molecule has 0 aromatic heterocycles. The van der Waals surface area contributed by atoms with E-state index < -0.39 is 40.5 Å². The van der Waals surface area contributed by atoms with Crippen LogP contribution in [0.15, 0.2) is 52.3 Å². The molecule has 0 heterocycles. The molecule has 13 heteroatoms. The van der Waals surface area contributed by atoms with Crippen LogP contribution in [0, 0.1) is 10.1 Å². The molecule has 0 atom stereocenters. The van der Waals surface area contributed by atoms with Gasteiger partial charge in [-0.15, -0.1) is 0 Å². The molecule has 0 aliphatic rings. The summed E-state index contributed by atoms with van der Waals surface area (Å²) in [4.78, 5) is 8.91. The molecule has 0 saturated heterocycles. The van der Waals surface area contributed by atoms with Crippen molar-refractivity contribution in [3.05, 3.63) is 57.6 Å². The van der Waals surface area contributed by atoms with Crippen molar-refractivity contribution < 1.29 is 55.9 Å². The van der Waals surface area contributed by atoms with Crippen molar-refractivity contribution in [2.45, 2.75) is 9.79 Å². The standard InChI is InChI=1S/C12H9ClN2O7S2.Na/c13-11-5-4-9(7-12(11)15(16)17)23(18,19)14-8-2-1-3-10(6-8)24(20,21)22;/h1-7,14H,(H,20,21,22);/q;+1/p-1. The predicted molar refractivity (Wildman–Crippen MR) is 83.3 cm³/mol. The maximum absolute atomic E-state index is 12.2. The molecule has 2 aromatic rings.